The maximum absolute atomic E-state index is 12.4. The number of likely N-dealkylation sites (N-methyl/N-ethyl adjacent to an activating group) is 1. The molecule has 2 aromatic rings. The molecule has 0 saturated carbocycles. The highest BCUT2D eigenvalue weighted by atomic mass is 32.2. The number of nitrogens with one attached hydrogen (secondary N) is 1. The van der Waals surface area contributed by atoms with Crippen LogP contribution in [0, 0.1) is 6.92 Å². The molecule has 3 heterocycles. The van der Waals surface area contributed by atoms with Gasteiger partial charge in [0.15, 0.2) is 5.76 Å². The second kappa shape index (κ2) is 8.62. The average molecular weight is 399 g/mol. The molecule has 0 unspecified atom stereocenters. The van der Waals surface area contributed by atoms with Crippen molar-refractivity contribution in [3.05, 3.63) is 23.2 Å². The van der Waals surface area contributed by atoms with Gasteiger partial charge in [-0.1, -0.05) is 12.1 Å². The Kier molecular flexibility index (Phi) is 6.46. The molecule has 26 heavy (non-hydrogen) atoms. The first-order chi connectivity index (χ1) is 12.5. The first-order valence-corrected chi connectivity index (χ1v) is 11.3. The second-order valence-corrected chi connectivity index (χ2v) is 9.42. The van der Waals surface area contributed by atoms with Crippen LogP contribution in [0.3, 0.4) is 0 Å². The molecule has 0 spiro atoms. The van der Waals surface area contributed by atoms with Crippen LogP contribution in [0.5, 0.6) is 0 Å². The summed E-state index contributed by atoms with van der Waals surface area (Å²) in [4.78, 5) is 4.83. The maximum atomic E-state index is 12.4. The predicted molar refractivity (Wildman–Crippen MR) is 103 cm³/mol. The summed E-state index contributed by atoms with van der Waals surface area (Å²) in [5.74, 6) is 0.589. The van der Waals surface area contributed by atoms with E-state index in [2.05, 4.69) is 26.6 Å². The van der Waals surface area contributed by atoms with E-state index in [0.717, 1.165) is 56.9 Å². The molecule has 1 N–H and O–H groups in total. The van der Waals surface area contributed by atoms with Crippen LogP contribution in [0.25, 0.3) is 11.3 Å². The van der Waals surface area contributed by atoms with Gasteiger partial charge in [-0.15, -0.1) is 11.3 Å². The lowest BCUT2D eigenvalue weighted by atomic mass is 10.2. The topological polar surface area (TPSA) is 78.7 Å². The molecule has 3 rings (SSSR count). The smallest absolute Gasteiger partial charge is 0.250 e. The summed E-state index contributed by atoms with van der Waals surface area (Å²) in [5, 5.41) is 5.62. The minimum absolute atomic E-state index is 0.304. The van der Waals surface area contributed by atoms with Gasteiger partial charge in [0, 0.05) is 49.7 Å². The number of piperazine rings is 1. The van der Waals surface area contributed by atoms with Gasteiger partial charge >= 0.3 is 0 Å². The normalized spacial score (nSPS) is 17.0. The highest BCUT2D eigenvalue weighted by Gasteiger charge is 2.19. The Balaban J connectivity index is 1.46. The molecule has 0 aliphatic carbocycles. The van der Waals surface area contributed by atoms with Gasteiger partial charge in [0.2, 0.25) is 10.0 Å². The summed E-state index contributed by atoms with van der Waals surface area (Å²) in [6.45, 7) is 10.8. The van der Waals surface area contributed by atoms with Crippen molar-refractivity contribution in [1.82, 2.24) is 19.7 Å². The fraction of sp³-hybridized carbons (Fsp3) is 0.588. The van der Waals surface area contributed by atoms with Crippen LogP contribution in [-0.4, -0.2) is 69.2 Å². The monoisotopic (exact) mass is 398 g/mol. The first-order valence-electron chi connectivity index (χ1n) is 8.94. The molecule has 0 bridgehead atoms. The standard InChI is InChI=1S/C17H26N4O3S2/c1-3-20-7-9-21(10-8-20)6-4-5-18-26(22,23)17-12-15(13-25-17)16-11-14(2)19-24-16/h11-13,18H,3-10H2,1-2H3. The lowest BCUT2D eigenvalue weighted by Gasteiger charge is -2.33. The Morgan fingerprint density at radius 3 is 2.62 bits per heavy atom. The van der Waals surface area contributed by atoms with Gasteiger partial charge in [-0.3, -0.25) is 0 Å². The Morgan fingerprint density at radius 1 is 1.23 bits per heavy atom. The van der Waals surface area contributed by atoms with Crippen LogP contribution in [0.4, 0.5) is 0 Å². The highest BCUT2D eigenvalue weighted by molar-refractivity contribution is 7.91. The number of rotatable bonds is 8. The van der Waals surface area contributed by atoms with Gasteiger partial charge in [-0.25, -0.2) is 13.1 Å². The number of aryl methyl sites for hydroxylation is 1. The minimum atomic E-state index is -3.48. The van der Waals surface area contributed by atoms with Crippen molar-refractivity contribution in [2.24, 2.45) is 0 Å². The second-order valence-electron chi connectivity index (χ2n) is 6.51. The van der Waals surface area contributed by atoms with E-state index < -0.39 is 10.0 Å². The van der Waals surface area contributed by atoms with Crippen molar-refractivity contribution in [1.29, 1.82) is 0 Å². The summed E-state index contributed by atoms with van der Waals surface area (Å²) in [6.07, 6.45) is 0.810. The molecule has 0 atom stereocenters. The molecule has 144 valence electrons. The Bertz CT molecular complexity index is 808. The van der Waals surface area contributed by atoms with E-state index in [-0.39, 0.29) is 0 Å². The third kappa shape index (κ3) is 4.92. The lowest BCUT2D eigenvalue weighted by Crippen LogP contribution is -2.46. The van der Waals surface area contributed by atoms with E-state index in [1.54, 1.807) is 17.5 Å². The summed E-state index contributed by atoms with van der Waals surface area (Å²) in [7, 11) is -3.48. The van der Waals surface area contributed by atoms with Gasteiger partial charge in [0.05, 0.1) is 5.69 Å². The largest absolute Gasteiger partial charge is 0.356 e. The molecule has 1 saturated heterocycles. The van der Waals surface area contributed by atoms with E-state index >= 15 is 0 Å². The van der Waals surface area contributed by atoms with Crippen LogP contribution in [0.15, 0.2) is 26.2 Å². The molecule has 1 aliphatic heterocycles. The zero-order valence-corrected chi connectivity index (χ0v) is 16.9. The number of sulfonamides is 1. The summed E-state index contributed by atoms with van der Waals surface area (Å²) in [5.41, 5.74) is 1.51. The maximum Gasteiger partial charge on any atom is 0.250 e. The molecule has 1 fully saturated rings. The van der Waals surface area contributed by atoms with E-state index in [1.165, 1.54) is 11.3 Å². The summed E-state index contributed by atoms with van der Waals surface area (Å²) in [6, 6.07) is 3.43. The van der Waals surface area contributed by atoms with Crippen LogP contribution >= 0.6 is 11.3 Å². The highest BCUT2D eigenvalue weighted by Crippen LogP contribution is 2.28. The molecular formula is C17H26N4O3S2. The van der Waals surface area contributed by atoms with Crippen molar-refractivity contribution in [3.8, 4) is 11.3 Å². The Morgan fingerprint density at radius 2 is 1.96 bits per heavy atom. The molecule has 1 aliphatic rings. The Labute approximate surface area is 159 Å². The van der Waals surface area contributed by atoms with Crippen molar-refractivity contribution in [3.63, 3.8) is 0 Å². The fourth-order valence-electron chi connectivity index (χ4n) is 3.00. The van der Waals surface area contributed by atoms with Gasteiger partial charge in [0.1, 0.15) is 4.21 Å². The van der Waals surface area contributed by atoms with Crippen LogP contribution in [-0.2, 0) is 10.0 Å². The van der Waals surface area contributed by atoms with Crippen LogP contribution < -0.4 is 4.72 Å². The summed E-state index contributed by atoms with van der Waals surface area (Å²) >= 11 is 1.20. The summed E-state index contributed by atoms with van der Waals surface area (Å²) < 4.78 is 33.1. The van der Waals surface area contributed by atoms with Gasteiger partial charge < -0.3 is 14.3 Å². The first kappa shape index (κ1) is 19.5. The lowest BCUT2D eigenvalue weighted by molar-refractivity contribution is 0.136. The van der Waals surface area contributed by atoms with Crippen LogP contribution in [0.1, 0.15) is 19.0 Å². The van der Waals surface area contributed by atoms with Gasteiger partial charge in [-0.2, -0.15) is 0 Å². The minimum Gasteiger partial charge on any atom is -0.356 e. The third-order valence-electron chi connectivity index (χ3n) is 4.61. The van der Waals surface area contributed by atoms with E-state index in [4.69, 9.17) is 4.52 Å². The number of aromatic nitrogens is 1. The van der Waals surface area contributed by atoms with E-state index in [9.17, 15) is 8.42 Å². The number of thiophene rings is 1. The SMILES string of the molecule is CCN1CCN(CCCNS(=O)(=O)c2cc(-c3cc(C)no3)cs2)CC1. The molecule has 0 aromatic carbocycles. The zero-order valence-electron chi connectivity index (χ0n) is 15.3. The van der Waals surface area contributed by atoms with Crippen LogP contribution in [0.2, 0.25) is 0 Å². The fourth-order valence-corrected chi connectivity index (χ4v) is 5.28. The quantitative estimate of drug-likeness (QED) is 0.686. The van der Waals surface area contributed by atoms with Crippen molar-refractivity contribution < 1.29 is 12.9 Å². The van der Waals surface area contributed by atoms with Gasteiger partial charge in [0.25, 0.3) is 0 Å². The molecule has 7 nitrogen and oxygen atoms in total. The number of nitrogens with zero attached hydrogens (tertiary/aromatic N) is 3. The van der Waals surface area contributed by atoms with Crippen molar-refractivity contribution in [2.75, 3.05) is 45.8 Å². The average Bonchev–Trinajstić information content (AvgIpc) is 3.28. The Hall–Kier alpha value is -1.26. The number of hydrogen-bond acceptors (Lipinski definition) is 7. The number of hydrogen-bond donors (Lipinski definition) is 1. The molecule has 0 radical (unpaired) electrons. The zero-order chi connectivity index (χ0) is 18.6. The third-order valence-corrected chi connectivity index (χ3v) is 7.51. The predicted octanol–water partition coefficient (Wildman–Crippen LogP) is 2.02. The van der Waals surface area contributed by atoms with Crippen molar-refractivity contribution >= 4 is 21.4 Å². The van der Waals surface area contributed by atoms with Gasteiger partial charge in [-0.05, 0) is 32.5 Å². The molecule has 0 amide bonds. The van der Waals surface area contributed by atoms with E-state index in [1.807, 2.05) is 6.92 Å². The van der Waals surface area contributed by atoms with E-state index in [0.29, 0.717) is 16.5 Å². The molecule has 9 heteroatoms. The molecule has 2 aromatic heterocycles. The molecular weight excluding hydrogens is 372 g/mol. The van der Waals surface area contributed by atoms with Crippen molar-refractivity contribution in [2.45, 2.75) is 24.5 Å².